The Morgan fingerprint density at radius 2 is 2.10 bits per heavy atom. The molecule has 1 saturated heterocycles. The first-order valence-electron chi connectivity index (χ1n) is 6.62. The second-order valence-electron chi connectivity index (χ2n) is 5.19. The summed E-state index contributed by atoms with van der Waals surface area (Å²) in [6.45, 7) is 1.76. The van der Waals surface area contributed by atoms with Crippen LogP contribution >= 0.6 is 0 Å². The number of sulfone groups is 1. The standard InChI is InChI=1S/C11H17F3N4O2S/c12-11(13,14)21(19,20)5-4-17-3-1-2-10(6-17)7-18-9-15-8-16-18/h8-10H,1-7H2/t10-/m1/s1. The van der Waals surface area contributed by atoms with Crippen LogP contribution in [0.1, 0.15) is 12.8 Å². The molecule has 6 nitrogen and oxygen atoms in total. The van der Waals surface area contributed by atoms with Crippen LogP contribution in [-0.2, 0) is 16.4 Å². The van der Waals surface area contributed by atoms with Gasteiger partial charge in [0.05, 0.1) is 5.75 Å². The molecule has 0 bridgehead atoms. The molecule has 0 unspecified atom stereocenters. The number of nitrogens with zero attached hydrogens (tertiary/aromatic N) is 4. The van der Waals surface area contributed by atoms with Gasteiger partial charge in [-0.05, 0) is 25.3 Å². The first-order chi connectivity index (χ1) is 9.78. The number of likely N-dealkylation sites (tertiary alicyclic amines) is 1. The minimum absolute atomic E-state index is 0.0876. The summed E-state index contributed by atoms with van der Waals surface area (Å²) in [7, 11) is -5.03. The highest BCUT2D eigenvalue weighted by Gasteiger charge is 2.45. The SMILES string of the molecule is O=S(=O)(CCN1CCC[C@@H](Cn2cncn2)C1)C(F)(F)F. The van der Waals surface area contributed by atoms with Crippen molar-refractivity contribution < 1.29 is 21.6 Å². The average Bonchev–Trinajstić information content (AvgIpc) is 2.88. The van der Waals surface area contributed by atoms with Gasteiger partial charge in [-0.1, -0.05) is 0 Å². The fraction of sp³-hybridized carbons (Fsp3) is 0.818. The Hall–Kier alpha value is -1.16. The molecule has 2 rings (SSSR count). The van der Waals surface area contributed by atoms with Gasteiger partial charge in [-0.15, -0.1) is 0 Å². The molecule has 1 aromatic rings. The van der Waals surface area contributed by atoms with Crippen LogP contribution in [0.15, 0.2) is 12.7 Å². The predicted octanol–water partition coefficient (Wildman–Crippen LogP) is 0.925. The van der Waals surface area contributed by atoms with Gasteiger partial charge in [-0.2, -0.15) is 18.3 Å². The summed E-state index contributed by atoms with van der Waals surface area (Å²) in [4.78, 5) is 5.61. The van der Waals surface area contributed by atoms with Crippen molar-refractivity contribution >= 4 is 9.84 Å². The first kappa shape index (κ1) is 16.2. The van der Waals surface area contributed by atoms with Crippen molar-refractivity contribution in [2.45, 2.75) is 24.9 Å². The molecule has 21 heavy (non-hydrogen) atoms. The van der Waals surface area contributed by atoms with Crippen LogP contribution in [0.25, 0.3) is 0 Å². The zero-order valence-corrected chi connectivity index (χ0v) is 12.1. The molecule has 1 aromatic heterocycles. The summed E-state index contributed by atoms with van der Waals surface area (Å²) in [6.07, 6.45) is 4.80. The normalized spacial score (nSPS) is 21.6. The average molecular weight is 326 g/mol. The lowest BCUT2D eigenvalue weighted by molar-refractivity contribution is -0.0437. The number of alkyl halides is 3. The summed E-state index contributed by atoms with van der Waals surface area (Å²) < 4.78 is 60.7. The van der Waals surface area contributed by atoms with E-state index in [2.05, 4.69) is 10.1 Å². The Morgan fingerprint density at radius 1 is 1.33 bits per heavy atom. The number of halogens is 3. The Morgan fingerprint density at radius 3 is 2.71 bits per heavy atom. The van der Waals surface area contributed by atoms with Gasteiger partial charge in [0.15, 0.2) is 0 Å². The number of piperidine rings is 1. The molecule has 1 aliphatic heterocycles. The molecule has 0 spiro atoms. The Balaban J connectivity index is 1.84. The number of rotatable bonds is 5. The van der Waals surface area contributed by atoms with Crippen LogP contribution in [0.2, 0.25) is 0 Å². The highest BCUT2D eigenvalue weighted by Crippen LogP contribution is 2.24. The van der Waals surface area contributed by atoms with Crippen molar-refractivity contribution in [1.29, 1.82) is 0 Å². The van der Waals surface area contributed by atoms with Gasteiger partial charge >= 0.3 is 5.51 Å². The van der Waals surface area contributed by atoms with Gasteiger partial charge in [0.1, 0.15) is 12.7 Å². The molecule has 2 heterocycles. The van der Waals surface area contributed by atoms with E-state index in [1.54, 1.807) is 15.9 Å². The summed E-state index contributed by atoms with van der Waals surface area (Å²) in [6, 6.07) is 0. The fourth-order valence-corrected chi connectivity index (χ4v) is 3.19. The van der Waals surface area contributed by atoms with Crippen molar-refractivity contribution in [3.63, 3.8) is 0 Å². The lowest BCUT2D eigenvalue weighted by Gasteiger charge is -2.32. The second kappa shape index (κ2) is 6.30. The van der Waals surface area contributed by atoms with Crippen molar-refractivity contribution in [2.24, 2.45) is 5.92 Å². The van der Waals surface area contributed by atoms with Gasteiger partial charge in [-0.3, -0.25) is 4.68 Å². The molecular formula is C11H17F3N4O2S. The van der Waals surface area contributed by atoms with E-state index in [1.165, 1.54) is 6.33 Å². The Bertz CT molecular complexity index is 544. The van der Waals surface area contributed by atoms with E-state index in [-0.39, 0.29) is 12.5 Å². The fourth-order valence-electron chi connectivity index (χ4n) is 2.46. The van der Waals surface area contributed by atoms with Crippen LogP contribution in [0.5, 0.6) is 0 Å². The zero-order chi connectivity index (χ0) is 15.5. The quantitative estimate of drug-likeness (QED) is 0.805. The van der Waals surface area contributed by atoms with Crippen LogP contribution < -0.4 is 0 Å². The highest BCUT2D eigenvalue weighted by atomic mass is 32.2. The van der Waals surface area contributed by atoms with E-state index in [0.29, 0.717) is 19.6 Å². The number of aromatic nitrogens is 3. The molecule has 0 N–H and O–H groups in total. The smallest absolute Gasteiger partial charge is 0.302 e. The first-order valence-corrected chi connectivity index (χ1v) is 8.27. The summed E-state index contributed by atoms with van der Waals surface area (Å²) in [5.41, 5.74) is -5.16. The third-order valence-corrected chi connectivity index (χ3v) is 4.97. The van der Waals surface area contributed by atoms with Crippen molar-refractivity contribution in [3.05, 3.63) is 12.7 Å². The van der Waals surface area contributed by atoms with E-state index in [0.717, 1.165) is 12.8 Å². The molecule has 0 radical (unpaired) electrons. The monoisotopic (exact) mass is 326 g/mol. The van der Waals surface area contributed by atoms with Crippen molar-refractivity contribution in [2.75, 3.05) is 25.4 Å². The van der Waals surface area contributed by atoms with E-state index in [9.17, 15) is 21.6 Å². The van der Waals surface area contributed by atoms with Gasteiger partial charge in [0, 0.05) is 19.6 Å². The van der Waals surface area contributed by atoms with Crippen LogP contribution in [0, 0.1) is 5.92 Å². The van der Waals surface area contributed by atoms with Crippen molar-refractivity contribution in [1.82, 2.24) is 19.7 Å². The third kappa shape index (κ3) is 4.40. The maximum atomic E-state index is 12.3. The molecular weight excluding hydrogens is 309 g/mol. The highest BCUT2D eigenvalue weighted by molar-refractivity contribution is 7.92. The molecule has 0 aliphatic carbocycles. The van der Waals surface area contributed by atoms with Crippen LogP contribution in [0.4, 0.5) is 13.2 Å². The van der Waals surface area contributed by atoms with Gasteiger partial charge < -0.3 is 4.90 Å². The molecule has 0 saturated carbocycles. The number of hydrogen-bond donors (Lipinski definition) is 0. The lowest BCUT2D eigenvalue weighted by Crippen LogP contribution is -2.41. The molecule has 1 aliphatic rings. The zero-order valence-electron chi connectivity index (χ0n) is 11.3. The Kier molecular flexibility index (Phi) is 4.87. The summed E-state index contributed by atoms with van der Waals surface area (Å²) in [5.74, 6) is -0.638. The van der Waals surface area contributed by atoms with E-state index in [1.807, 2.05) is 0 Å². The predicted molar refractivity (Wildman–Crippen MR) is 69.0 cm³/mol. The van der Waals surface area contributed by atoms with E-state index < -0.39 is 21.1 Å². The molecule has 1 atom stereocenters. The molecule has 120 valence electrons. The lowest BCUT2D eigenvalue weighted by atomic mass is 9.98. The largest absolute Gasteiger partial charge is 0.497 e. The molecule has 0 aromatic carbocycles. The number of hydrogen-bond acceptors (Lipinski definition) is 5. The van der Waals surface area contributed by atoms with Crippen molar-refractivity contribution in [3.8, 4) is 0 Å². The third-order valence-electron chi connectivity index (χ3n) is 3.54. The maximum Gasteiger partial charge on any atom is 0.497 e. The van der Waals surface area contributed by atoms with Crippen LogP contribution in [-0.4, -0.2) is 59.0 Å². The van der Waals surface area contributed by atoms with Gasteiger partial charge in [-0.25, -0.2) is 13.4 Å². The molecule has 1 fully saturated rings. The maximum absolute atomic E-state index is 12.3. The van der Waals surface area contributed by atoms with E-state index in [4.69, 9.17) is 0 Å². The second-order valence-corrected chi connectivity index (χ2v) is 7.29. The van der Waals surface area contributed by atoms with Gasteiger partial charge in [0.2, 0.25) is 9.84 Å². The minimum atomic E-state index is -5.16. The topological polar surface area (TPSA) is 68.1 Å². The molecule has 0 amide bonds. The summed E-state index contributed by atoms with van der Waals surface area (Å²) >= 11 is 0. The minimum Gasteiger partial charge on any atom is -0.302 e. The van der Waals surface area contributed by atoms with Gasteiger partial charge in [0.25, 0.3) is 0 Å². The van der Waals surface area contributed by atoms with Crippen LogP contribution in [0.3, 0.4) is 0 Å². The molecule has 10 heteroatoms. The Labute approximate surface area is 120 Å². The summed E-state index contributed by atoms with van der Waals surface area (Å²) in [5, 5.41) is 4.00. The van der Waals surface area contributed by atoms with E-state index >= 15 is 0 Å².